The van der Waals surface area contributed by atoms with Crippen LogP contribution in [0, 0.1) is 13.8 Å². The first kappa shape index (κ1) is 12.4. The van der Waals surface area contributed by atoms with Crippen LogP contribution < -0.4 is 0 Å². The second-order valence-electron chi connectivity index (χ2n) is 4.21. The summed E-state index contributed by atoms with van der Waals surface area (Å²) in [6.07, 6.45) is 0. The van der Waals surface area contributed by atoms with E-state index in [1.165, 1.54) is 0 Å². The van der Waals surface area contributed by atoms with Crippen molar-refractivity contribution in [3.8, 4) is 11.3 Å². The number of aromatic nitrogens is 1. The van der Waals surface area contributed by atoms with E-state index in [9.17, 15) is 4.79 Å². The minimum atomic E-state index is -0.258. The van der Waals surface area contributed by atoms with E-state index in [2.05, 4.69) is 4.98 Å². The molecule has 0 aliphatic carbocycles. The monoisotopic (exact) mass is 243 g/mol. The normalized spacial score (nSPS) is 10.4. The van der Waals surface area contributed by atoms with Crippen molar-refractivity contribution < 1.29 is 9.53 Å². The predicted molar refractivity (Wildman–Crippen MR) is 71.7 cm³/mol. The Balaban J connectivity index is 2.47. The van der Waals surface area contributed by atoms with Gasteiger partial charge in [0.1, 0.15) is 0 Å². The molecule has 0 aliphatic heterocycles. The second-order valence-corrected chi connectivity index (χ2v) is 4.21. The molecule has 0 atom stereocenters. The van der Waals surface area contributed by atoms with Gasteiger partial charge in [-0.2, -0.15) is 0 Å². The van der Waals surface area contributed by atoms with Crippen LogP contribution in [0.3, 0.4) is 0 Å². The molecule has 0 bridgehead atoms. The summed E-state index contributed by atoms with van der Waals surface area (Å²) in [6, 6.07) is 9.98. The average molecular weight is 243 g/mol. The zero-order valence-electron chi connectivity index (χ0n) is 10.9. The van der Waals surface area contributed by atoms with E-state index in [4.69, 9.17) is 4.74 Å². The topological polar surface area (TPSA) is 42.1 Å². The first-order chi connectivity index (χ1) is 8.65. The summed E-state index contributed by atoms with van der Waals surface area (Å²) in [5, 5.41) is 0. The van der Waals surface area contributed by atoms with Crippen molar-refractivity contribution in [2.24, 2.45) is 0 Å². The van der Waals surface area contributed by atoms with Crippen LogP contribution in [-0.4, -0.2) is 17.6 Å². The van der Waals surface area contributed by atoms with Crippen LogP contribution in [0.15, 0.2) is 30.3 Å². The summed E-state index contributed by atoms with van der Waals surface area (Å²) >= 11 is 0. The highest BCUT2D eigenvalue weighted by Crippen LogP contribution is 2.27. The summed E-state index contributed by atoms with van der Waals surface area (Å²) in [7, 11) is 0. The van der Waals surface area contributed by atoms with Gasteiger partial charge in [0.25, 0.3) is 0 Å². The molecule has 94 valence electrons. The highest BCUT2D eigenvalue weighted by atomic mass is 16.5. The number of carbonyl (C=O) groups is 1. The molecule has 1 aromatic carbocycles. The van der Waals surface area contributed by atoms with Gasteiger partial charge in [0.2, 0.25) is 0 Å². The van der Waals surface area contributed by atoms with E-state index in [1.807, 2.05) is 51.1 Å². The molecule has 0 fully saturated rings. The lowest BCUT2D eigenvalue weighted by atomic mass is 10.1. The molecule has 0 unspecified atom stereocenters. The standard InChI is InChI=1S/C15H17NO2/c1-4-18-15(17)13-10(2)14(16-11(13)3)12-8-6-5-7-9-12/h5-9,16H,4H2,1-3H3. The molecule has 2 aromatic rings. The Hall–Kier alpha value is -2.03. The quantitative estimate of drug-likeness (QED) is 0.839. The second kappa shape index (κ2) is 5.08. The van der Waals surface area contributed by atoms with Crippen LogP contribution in [0.2, 0.25) is 0 Å². The lowest BCUT2D eigenvalue weighted by molar-refractivity contribution is 0.0525. The number of esters is 1. The van der Waals surface area contributed by atoms with E-state index >= 15 is 0 Å². The Kier molecular flexibility index (Phi) is 3.51. The van der Waals surface area contributed by atoms with Gasteiger partial charge >= 0.3 is 5.97 Å². The molecular weight excluding hydrogens is 226 g/mol. The van der Waals surface area contributed by atoms with Gasteiger partial charge in [-0.3, -0.25) is 0 Å². The molecule has 2 rings (SSSR count). The molecule has 1 N–H and O–H groups in total. The molecule has 3 heteroatoms. The van der Waals surface area contributed by atoms with Crippen molar-refractivity contribution >= 4 is 5.97 Å². The van der Waals surface area contributed by atoms with E-state index in [0.717, 1.165) is 22.5 Å². The number of benzene rings is 1. The maximum atomic E-state index is 11.9. The molecule has 1 aromatic heterocycles. The van der Waals surface area contributed by atoms with Gasteiger partial charge in [-0.25, -0.2) is 4.79 Å². The van der Waals surface area contributed by atoms with Crippen molar-refractivity contribution in [1.29, 1.82) is 0 Å². The van der Waals surface area contributed by atoms with Gasteiger partial charge in [0.15, 0.2) is 0 Å². The Morgan fingerprint density at radius 3 is 2.50 bits per heavy atom. The van der Waals surface area contributed by atoms with E-state index in [0.29, 0.717) is 12.2 Å². The summed E-state index contributed by atoms with van der Waals surface area (Å²) in [4.78, 5) is 15.2. The van der Waals surface area contributed by atoms with Crippen LogP contribution in [0.25, 0.3) is 11.3 Å². The van der Waals surface area contributed by atoms with E-state index in [1.54, 1.807) is 0 Å². The Morgan fingerprint density at radius 2 is 1.89 bits per heavy atom. The molecule has 0 saturated heterocycles. The number of rotatable bonds is 3. The summed E-state index contributed by atoms with van der Waals surface area (Å²) < 4.78 is 5.08. The minimum Gasteiger partial charge on any atom is -0.462 e. The largest absolute Gasteiger partial charge is 0.462 e. The number of H-pyrrole nitrogens is 1. The third-order valence-corrected chi connectivity index (χ3v) is 2.98. The molecular formula is C15H17NO2. The lowest BCUT2D eigenvalue weighted by Crippen LogP contribution is -2.06. The van der Waals surface area contributed by atoms with Crippen molar-refractivity contribution in [3.63, 3.8) is 0 Å². The number of carbonyl (C=O) groups excluding carboxylic acids is 1. The van der Waals surface area contributed by atoms with Gasteiger partial charge in [-0.15, -0.1) is 0 Å². The van der Waals surface area contributed by atoms with Crippen LogP contribution in [-0.2, 0) is 4.74 Å². The first-order valence-electron chi connectivity index (χ1n) is 6.06. The van der Waals surface area contributed by atoms with Crippen LogP contribution in [0.5, 0.6) is 0 Å². The number of hydrogen-bond donors (Lipinski definition) is 1. The van der Waals surface area contributed by atoms with Gasteiger partial charge in [-0.05, 0) is 31.9 Å². The number of aryl methyl sites for hydroxylation is 1. The van der Waals surface area contributed by atoms with Gasteiger partial charge < -0.3 is 9.72 Å². The fourth-order valence-electron chi connectivity index (χ4n) is 2.15. The smallest absolute Gasteiger partial charge is 0.340 e. The Labute approximate surface area is 107 Å². The first-order valence-corrected chi connectivity index (χ1v) is 6.06. The summed E-state index contributed by atoms with van der Waals surface area (Å²) in [5.74, 6) is -0.258. The highest BCUT2D eigenvalue weighted by molar-refractivity contribution is 5.94. The lowest BCUT2D eigenvalue weighted by Gasteiger charge is -2.03. The molecule has 0 saturated carbocycles. The average Bonchev–Trinajstić information content (AvgIpc) is 2.66. The van der Waals surface area contributed by atoms with Gasteiger partial charge in [0.05, 0.1) is 12.2 Å². The van der Waals surface area contributed by atoms with Crippen molar-refractivity contribution in [2.45, 2.75) is 20.8 Å². The van der Waals surface area contributed by atoms with E-state index in [-0.39, 0.29) is 5.97 Å². The fourth-order valence-corrected chi connectivity index (χ4v) is 2.15. The van der Waals surface area contributed by atoms with Crippen LogP contribution in [0.4, 0.5) is 0 Å². The van der Waals surface area contributed by atoms with Crippen LogP contribution >= 0.6 is 0 Å². The number of ether oxygens (including phenoxy) is 1. The van der Waals surface area contributed by atoms with Gasteiger partial charge in [-0.1, -0.05) is 30.3 Å². The maximum absolute atomic E-state index is 11.9. The molecule has 0 amide bonds. The molecule has 3 nitrogen and oxygen atoms in total. The Morgan fingerprint density at radius 1 is 1.22 bits per heavy atom. The summed E-state index contributed by atoms with van der Waals surface area (Å²) in [5.41, 5.74) is 4.50. The molecule has 0 aliphatic rings. The highest BCUT2D eigenvalue weighted by Gasteiger charge is 2.19. The fraction of sp³-hybridized carbons (Fsp3) is 0.267. The van der Waals surface area contributed by atoms with Gasteiger partial charge in [0, 0.05) is 11.4 Å². The van der Waals surface area contributed by atoms with E-state index < -0.39 is 0 Å². The number of hydrogen-bond acceptors (Lipinski definition) is 2. The SMILES string of the molecule is CCOC(=O)c1c(C)[nH]c(-c2ccccc2)c1C. The minimum absolute atomic E-state index is 0.258. The summed E-state index contributed by atoms with van der Waals surface area (Å²) in [6.45, 7) is 6.04. The zero-order valence-corrected chi connectivity index (χ0v) is 10.9. The van der Waals surface area contributed by atoms with Crippen molar-refractivity contribution in [1.82, 2.24) is 4.98 Å². The third kappa shape index (κ3) is 2.16. The molecule has 1 heterocycles. The number of aromatic amines is 1. The predicted octanol–water partition coefficient (Wildman–Crippen LogP) is 3.48. The van der Waals surface area contributed by atoms with Crippen molar-refractivity contribution in [3.05, 3.63) is 47.2 Å². The molecule has 0 radical (unpaired) electrons. The molecule has 0 spiro atoms. The maximum Gasteiger partial charge on any atom is 0.340 e. The van der Waals surface area contributed by atoms with Crippen LogP contribution in [0.1, 0.15) is 28.5 Å². The number of nitrogens with one attached hydrogen (secondary N) is 1. The molecule has 18 heavy (non-hydrogen) atoms. The third-order valence-electron chi connectivity index (χ3n) is 2.98. The zero-order chi connectivity index (χ0) is 13.1. The Bertz CT molecular complexity index is 555. The van der Waals surface area contributed by atoms with Crippen molar-refractivity contribution in [2.75, 3.05) is 6.61 Å².